The average Bonchev–Trinajstić information content (AvgIpc) is 3.17. The van der Waals surface area contributed by atoms with E-state index < -0.39 is 0 Å². The molecule has 4 nitrogen and oxygen atoms in total. The lowest BCUT2D eigenvalue weighted by Gasteiger charge is -2.15. The topological polar surface area (TPSA) is 58.2 Å². The molecular weight excluding hydrogens is 304 g/mol. The summed E-state index contributed by atoms with van der Waals surface area (Å²) in [5, 5.41) is 11.4. The Morgan fingerprint density at radius 1 is 1.29 bits per heavy atom. The minimum Gasteiger partial charge on any atom is -0.351 e. The molecule has 6 heteroatoms. The number of hydrogen-bond acceptors (Lipinski definition) is 4. The van der Waals surface area contributed by atoms with Crippen LogP contribution in [-0.2, 0) is 4.79 Å². The second-order valence-electron chi connectivity index (χ2n) is 4.56. The van der Waals surface area contributed by atoms with E-state index in [4.69, 9.17) is 0 Å². The molecule has 0 spiro atoms. The highest BCUT2D eigenvalue weighted by molar-refractivity contribution is 7.10. The van der Waals surface area contributed by atoms with Crippen LogP contribution in [0.5, 0.6) is 0 Å². The summed E-state index contributed by atoms with van der Waals surface area (Å²) < 4.78 is 0. The second-order valence-corrected chi connectivity index (χ2v) is 6.32. The van der Waals surface area contributed by atoms with E-state index in [1.54, 1.807) is 22.8 Å². The molecule has 0 aliphatic carbocycles. The molecule has 0 aromatic carbocycles. The predicted molar refractivity (Wildman–Crippen MR) is 86.8 cm³/mol. The molecule has 21 heavy (non-hydrogen) atoms. The number of carbonyl (C=O) groups is 2. The van der Waals surface area contributed by atoms with Crippen molar-refractivity contribution in [2.45, 2.75) is 25.8 Å². The quantitative estimate of drug-likeness (QED) is 0.822. The maximum Gasteiger partial charge on any atom is 0.252 e. The van der Waals surface area contributed by atoms with Gasteiger partial charge in [-0.3, -0.25) is 9.59 Å². The van der Waals surface area contributed by atoms with Gasteiger partial charge < -0.3 is 10.6 Å². The molecule has 0 bridgehead atoms. The molecule has 2 aromatic rings. The van der Waals surface area contributed by atoms with E-state index in [0.29, 0.717) is 12.1 Å². The lowest BCUT2D eigenvalue weighted by atomic mass is 10.2. The van der Waals surface area contributed by atoms with Crippen LogP contribution in [-0.4, -0.2) is 18.4 Å². The van der Waals surface area contributed by atoms with Crippen LogP contribution < -0.4 is 10.6 Å². The Hall–Kier alpha value is -1.66. The van der Waals surface area contributed by atoms with Gasteiger partial charge in [0.2, 0.25) is 5.91 Å². The second kappa shape index (κ2) is 7.95. The maximum absolute atomic E-state index is 11.9. The lowest BCUT2D eigenvalue weighted by molar-refractivity contribution is -0.121. The number of carbonyl (C=O) groups excluding carboxylic acids is 2. The fraction of sp³-hybridized carbons (Fsp3) is 0.333. The van der Waals surface area contributed by atoms with Crippen molar-refractivity contribution in [3.8, 4) is 0 Å². The average molecular weight is 322 g/mol. The summed E-state index contributed by atoms with van der Waals surface area (Å²) in [5.74, 6) is -0.171. The van der Waals surface area contributed by atoms with Crippen LogP contribution in [0.15, 0.2) is 34.3 Å². The van der Waals surface area contributed by atoms with Crippen LogP contribution >= 0.6 is 22.7 Å². The molecule has 0 saturated carbocycles. The third-order valence-corrected chi connectivity index (χ3v) is 4.72. The number of thiophene rings is 2. The summed E-state index contributed by atoms with van der Waals surface area (Å²) in [6.45, 7) is 2.39. The Bertz CT molecular complexity index is 565. The lowest BCUT2D eigenvalue weighted by Crippen LogP contribution is -2.32. The molecule has 0 fully saturated rings. The van der Waals surface area contributed by atoms with Crippen LogP contribution in [0, 0.1) is 0 Å². The smallest absolute Gasteiger partial charge is 0.252 e. The van der Waals surface area contributed by atoms with Gasteiger partial charge in [-0.2, -0.15) is 11.3 Å². The van der Waals surface area contributed by atoms with Gasteiger partial charge in [0.25, 0.3) is 5.91 Å². The number of rotatable bonds is 7. The van der Waals surface area contributed by atoms with Crippen molar-refractivity contribution in [1.82, 2.24) is 10.6 Å². The zero-order valence-electron chi connectivity index (χ0n) is 11.8. The third kappa shape index (κ3) is 4.68. The largest absolute Gasteiger partial charge is 0.351 e. The zero-order chi connectivity index (χ0) is 15.1. The Morgan fingerprint density at radius 2 is 2.14 bits per heavy atom. The molecule has 0 aliphatic rings. The van der Waals surface area contributed by atoms with E-state index in [0.717, 1.165) is 11.3 Å². The van der Waals surface area contributed by atoms with Crippen molar-refractivity contribution < 1.29 is 9.59 Å². The SMILES string of the molecule is CCC(NC(=O)CCNC(=O)c1ccsc1)c1cccs1. The van der Waals surface area contributed by atoms with Crippen LogP contribution in [0.4, 0.5) is 0 Å². The molecule has 2 aromatic heterocycles. The van der Waals surface area contributed by atoms with Crippen molar-refractivity contribution in [2.75, 3.05) is 6.54 Å². The van der Waals surface area contributed by atoms with Gasteiger partial charge >= 0.3 is 0 Å². The van der Waals surface area contributed by atoms with Crippen LogP contribution in [0.25, 0.3) is 0 Å². The standard InChI is InChI=1S/C15H18N2O2S2/c1-2-12(13-4-3-8-21-13)17-14(18)5-7-16-15(19)11-6-9-20-10-11/h3-4,6,8-10,12H,2,5,7H2,1H3,(H,16,19)(H,17,18). The first-order chi connectivity index (χ1) is 10.2. The van der Waals surface area contributed by atoms with Crippen LogP contribution in [0.2, 0.25) is 0 Å². The van der Waals surface area contributed by atoms with Crippen molar-refractivity contribution >= 4 is 34.5 Å². The molecule has 0 saturated heterocycles. The van der Waals surface area contributed by atoms with Crippen molar-refractivity contribution in [3.05, 3.63) is 44.8 Å². The maximum atomic E-state index is 11.9. The molecule has 1 unspecified atom stereocenters. The van der Waals surface area contributed by atoms with E-state index in [-0.39, 0.29) is 24.3 Å². The van der Waals surface area contributed by atoms with E-state index in [9.17, 15) is 9.59 Å². The predicted octanol–water partition coefficient (Wildman–Crippen LogP) is 3.20. The summed E-state index contributed by atoms with van der Waals surface area (Å²) >= 11 is 3.12. The molecule has 2 amide bonds. The van der Waals surface area contributed by atoms with Crippen LogP contribution in [0.3, 0.4) is 0 Å². The highest BCUT2D eigenvalue weighted by atomic mass is 32.1. The Morgan fingerprint density at radius 3 is 2.76 bits per heavy atom. The molecular formula is C15H18N2O2S2. The van der Waals surface area contributed by atoms with Gasteiger partial charge in [-0.1, -0.05) is 13.0 Å². The van der Waals surface area contributed by atoms with Gasteiger partial charge in [0.15, 0.2) is 0 Å². The molecule has 2 heterocycles. The van der Waals surface area contributed by atoms with E-state index >= 15 is 0 Å². The van der Waals surface area contributed by atoms with E-state index in [1.165, 1.54) is 11.3 Å². The number of amides is 2. The Labute approximate surface area is 132 Å². The number of hydrogen-bond donors (Lipinski definition) is 2. The van der Waals surface area contributed by atoms with Gasteiger partial charge in [-0.25, -0.2) is 0 Å². The van der Waals surface area contributed by atoms with Gasteiger partial charge in [0.05, 0.1) is 6.04 Å². The van der Waals surface area contributed by atoms with Crippen LogP contribution in [0.1, 0.15) is 41.0 Å². The van der Waals surface area contributed by atoms with Crippen molar-refractivity contribution in [3.63, 3.8) is 0 Å². The summed E-state index contributed by atoms with van der Waals surface area (Å²) in [4.78, 5) is 24.8. The highest BCUT2D eigenvalue weighted by Crippen LogP contribution is 2.21. The van der Waals surface area contributed by atoms with Crippen molar-refractivity contribution in [2.24, 2.45) is 0 Å². The first kappa shape index (κ1) is 15.7. The monoisotopic (exact) mass is 322 g/mol. The highest BCUT2D eigenvalue weighted by Gasteiger charge is 2.13. The minimum absolute atomic E-state index is 0.0409. The zero-order valence-corrected chi connectivity index (χ0v) is 13.4. The molecule has 0 radical (unpaired) electrons. The first-order valence-corrected chi connectivity index (χ1v) is 8.66. The first-order valence-electron chi connectivity index (χ1n) is 6.84. The molecule has 0 aliphatic heterocycles. The molecule has 112 valence electrons. The van der Waals surface area contributed by atoms with Gasteiger partial charge in [0.1, 0.15) is 0 Å². The summed E-state index contributed by atoms with van der Waals surface area (Å²) in [7, 11) is 0. The fourth-order valence-electron chi connectivity index (χ4n) is 1.92. The summed E-state index contributed by atoms with van der Waals surface area (Å²) in [6.07, 6.45) is 1.14. The van der Waals surface area contributed by atoms with Crippen molar-refractivity contribution in [1.29, 1.82) is 0 Å². The molecule has 2 N–H and O–H groups in total. The van der Waals surface area contributed by atoms with Gasteiger partial charge in [-0.15, -0.1) is 11.3 Å². The Kier molecular flexibility index (Phi) is 5.95. The number of nitrogens with one attached hydrogen (secondary N) is 2. The van der Waals surface area contributed by atoms with E-state index in [2.05, 4.69) is 10.6 Å². The third-order valence-electron chi connectivity index (χ3n) is 3.05. The summed E-state index contributed by atoms with van der Waals surface area (Å²) in [5.41, 5.74) is 0.644. The van der Waals surface area contributed by atoms with Gasteiger partial charge in [0, 0.05) is 28.8 Å². The normalized spacial score (nSPS) is 11.9. The van der Waals surface area contributed by atoms with E-state index in [1.807, 2.05) is 29.8 Å². The molecule has 1 atom stereocenters. The van der Waals surface area contributed by atoms with Gasteiger partial charge in [-0.05, 0) is 29.3 Å². The summed E-state index contributed by atoms with van der Waals surface area (Å²) in [6, 6.07) is 5.84. The molecule has 2 rings (SSSR count). The Balaban J connectivity index is 1.73. The fourth-order valence-corrected chi connectivity index (χ4v) is 3.41. The minimum atomic E-state index is -0.130.